The molecule has 0 heterocycles. The standard InChI is InChI=1S/C19H21NO3/c1-15(21)17-9-11-18(12-10-17)23-13-5-8-19(22)20-14-16-6-3-2-4-7-16/h2-4,6-7,9-12H,5,8,13-14H2,1H3,(H,20,22). The van der Waals surface area contributed by atoms with Gasteiger partial charge in [0.05, 0.1) is 6.61 Å². The van der Waals surface area contributed by atoms with Crippen molar-refractivity contribution < 1.29 is 14.3 Å². The predicted molar refractivity (Wildman–Crippen MR) is 89.5 cm³/mol. The first-order valence-electron chi connectivity index (χ1n) is 7.69. The highest BCUT2D eigenvalue weighted by atomic mass is 16.5. The maximum atomic E-state index is 11.7. The molecule has 0 aromatic heterocycles. The fourth-order valence-corrected chi connectivity index (χ4v) is 2.09. The predicted octanol–water partition coefficient (Wildman–Crippen LogP) is 3.36. The number of ether oxygens (including phenoxy) is 1. The highest BCUT2D eigenvalue weighted by Crippen LogP contribution is 2.13. The van der Waals surface area contributed by atoms with Gasteiger partial charge in [-0.15, -0.1) is 0 Å². The third-order valence-electron chi connectivity index (χ3n) is 3.41. The van der Waals surface area contributed by atoms with Crippen molar-refractivity contribution in [3.63, 3.8) is 0 Å². The lowest BCUT2D eigenvalue weighted by atomic mass is 10.1. The van der Waals surface area contributed by atoms with Gasteiger partial charge in [-0.3, -0.25) is 9.59 Å². The van der Waals surface area contributed by atoms with E-state index in [2.05, 4.69) is 5.32 Å². The van der Waals surface area contributed by atoms with Gasteiger partial charge in [-0.25, -0.2) is 0 Å². The molecule has 0 radical (unpaired) electrons. The maximum absolute atomic E-state index is 11.7. The van der Waals surface area contributed by atoms with E-state index in [0.717, 1.165) is 5.56 Å². The molecule has 1 amide bonds. The van der Waals surface area contributed by atoms with E-state index in [4.69, 9.17) is 4.74 Å². The Morgan fingerprint density at radius 1 is 1.00 bits per heavy atom. The summed E-state index contributed by atoms with van der Waals surface area (Å²) < 4.78 is 5.56. The smallest absolute Gasteiger partial charge is 0.220 e. The lowest BCUT2D eigenvalue weighted by molar-refractivity contribution is -0.121. The first kappa shape index (κ1) is 16.7. The number of nitrogens with one attached hydrogen (secondary N) is 1. The molecule has 0 aliphatic carbocycles. The van der Waals surface area contributed by atoms with Crippen molar-refractivity contribution in [1.82, 2.24) is 5.32 Å². The highest BCUT2D eigenvalue weighted by Gasteiger charge is 2.03. The Balaban J connectivity index is 1.63. The summed E-state index contributed by atoms with van der Waals surface area (Å²) in [7, 11) is 0. The zero-order valence-electron chi connectivity index (χ0n) is 13.2. The average molecular weight is 311 g/mol. The Labute approximate surface area is 136 Å². The van der Waals surface area contributed by atoms with Crippen LogP contribution >= 0.6 is 0 Å². The van der Waals surface area contributed by atoms with Crippen LogP contribution in [0.4, 0.5) is 0 Å². The molecule has 0 bridgehead atoms. The van der Waals surface area contributed by atoms with Crippen molar-refractivity contribution in [3.8, 4) is 5.75 Å². The Morgan fingerprint density at radius 3 is 2.35 bits per heavy atom. The van der Waals surface area contributed by atoms with Crippen LogP contribution in [0.25, 0.3) is 0 Å². The van der Waals surface area contributed by atoms with Crippen LogP contribution in [-0.4, -0.2) is 18.3 Å². The average Bonchev–Trinajstić information content (AvgIpc) is 2.58. The second kappa shape index (κ2) is 8.73. The first-order valence-corrected chi connectivity index (χ1v) is 7.69. The Bertz CT molecular complexity index is 635. The first-order chi connectivity index (χ1) is 11.1. The molecular weight excluding hydrogens is 290 g/mol. The summed E-state index contributed by atoms with van der Waals surface area (Å²) in [4.78, 5) is 22.9. The summed E-state index contributed by atoms with van der Waals surface area (Å²) in [6.07, 6.45) is 1.08. The molecule has 4 heteroatoms. The third-order valence-corrected chi connectivity index (χ3v) is 3.41. The van der Waals surface area contributed by atoms with E-state index >= 15 is 0 Å². The van der Waals surface area contributed by atoms with Crippen LogP contribution in [-0.2, 0) is 11.3 Å². The fraction of sp³-hybridized carbons (Fsp3) is 0.263. The topological polar surface area (TPSA) is 55.4 Å². The summed E-state index contributed by atoms with van der Waals surface area (Å²) in [5.41, 5.74) is 1.75. The second-order valence-electron chi connectivity index (χ2n) is 5.29. The van der Waals surface area contributed by atoms with Gasteiger partial charge in [-0.1, -0.05) is 30.3 Å². The molecule has 1 N–H and O–H groups in total. The van der Waals surface area contributed by atoms with Crippen molar-refractivity contribution in [3.05, 3.63) is 65.7 Å². The van der Waals surface area contributed by atoms with E-state index in [0.29, 0.717) is 37.3 Å². The van der Waals surface area contributed by atoms with Crippen LogP contribution in [0.5, 0.6) is 5.75 Å². The van der Waals surface area contributed by atoms with Gasteiger partial charge in [0, 0.05) is 18.5 Å². The lowest BCUT2D eigenvalue weighted by Crippen LogP contribution is -2.22. The lowest BCUT2D eigenvalue weighted by Gasteiger charge is -2.07. The fourth-order valence-electron chi connectivity index (χ4n) is 2.09. The van der Waals surface area contributed by atoms with Gasteiger partial charge in [0.15, 0.2) is 5.78 Å². The molecule has 4 nitrogen and oxygen atoms in total. The SMILES string of the molecule is CC(=O)c1ccc(OCCCC(=O)NCc2ccccc2)cc1. The van der Waals surface area contributed by atoms with Gasteiger partial charge in [0.25, 0.3) is 0 Å². The van der Waals surface area contributed by atoms with Crippen molar-refractivity contribution >= 4 is 11.7 Å². The van der Waals surface area contributed by atoms with E-state index < -0.39 is 0 Å². The summed E-state index contributed by atoms with van der Waals surface area (Å²) >= 11 is 0. The van der Waals surface area contributed by atoms with Crippen LogP contribution in [0.2, 0.25) is 0 Å². The van der Waals surface area contributed by atoms with Gasteiger partial charge < -0.3 is 10.1 Å². The van der Waals surface area contributed by atoms with Crippen LogP contribution in [0.15, 0.2) is 54.6 Å². The molecule has 0 atom stereocenters. The number of ketones is 1. The summed E-state index contributed by atoms with van der Waals surface area (Å²) in [5.74, 6) is 0.760. The molecule has 0 aliphatic rings. The van der Waals surface area contributed by atoms with Crippen LogP contribution in [0.3, 0.4) is 0 Å². The minimum atomic E-state index is 0.0179. The Kier molecular flexibility index (Phi) is 6.36. The molecule has 2 aromatic rings. The normalized spacial score (nSPS) is 10.1. The zero-order chi connectivity index (χ0) is 16.5. The van der Waals surface area contributed by atoms with Gasteiger partial charge in [-0.2, -0.15) is 0 Å². The molecule has 120 valence electrons. The second-order valence-corrected chi connectivity index (χ2v) is 5.29. The number of benzene rings is 2. The number of hydrogen-bond acceptors (Lipinski definition) is 3. The number of carbonyl (C=O) groups excluding carboxylic acids is 2. The van der Waals surface area contributed by atoms with Crippen molar-refractivity contribution in [2.75, 3.05) is 6.61 Å². The van der Waals surface area contributed by atoms with Gasteiger partial charge in [0.1, 0.15) is 5.75 Å². The molecule has 0 unspecified atom stereocenters. The molecule has 0 saturated heterocycles. The zero-order valence-corrected chi connectivity index (χ0v) is 13.2. The number of hydrogen-bond donors (Lipinski definition) is 1. The highest BCUT2D eigenvalue weighted by molar-refractivity contribution is 5.94. The van der Waals surface area contributed by atoms with E-state index in [9.17, 15) is 9.59 Å². The maximum Gasteiger partial charge on any atom is 0.220 e. The minimum Gasteiger partial charge on any atom is -0.494 e. The molecule has 23 heavy (non-hydrogen) atoms. The molecule has 0 spiro atoms. The van der Waals surface area contributed by atoms with Gasteiger partial charge in [-0.05, 0) is 43.2 Å². The molecule has 0 aliphatic heterocycles. The van der Waals surface area contributed by atoms with Crippen molar-refractivity contribution in [2.45, 2.75) is 26.3 Å². The summed E-state index contributed by atoms with van der Waals surface area (Å²) in [6.45, 7) is 2.55. The molecule has 0 saturated carbocycles. The molecule has 2 rings (SSSR count). The number of Topliss-reactive ketones (excluding diaryl/α,β-unsaturated/α-hetero) is 1. The van der Waals surface area contributed by atoms with Crippen molar-refractivity contribution in [1.29, 1.82) is 0 Å². The van der Waals surface area contributed by atoms with E-state index in [1.54, 1.807) is 24.3 Å². The number of amides is 1. The van der Waals surface area contributed by atoms with Crippen LogP contribution < -0.4 is 10.1 Å². The van der Waals surface area contributed by atoms with Gasteiger partial charge in [0.2, 0.25) is 5.91 Å². The number of carbonyl (C=O) groups is 2. The van der Waals surface area contributed by atoms with E-state index in [1.807, 2.05) is 30.3 Å². The largest absolute Gasteiger partial charge is 0.494 e. The molecule has 0 fully saturated rings. The van der Waals surface area contributed by atoms with Crippen molar-refractivity contribution in [2.24, 2.45) is 0 Å². The summed E-state index contributed by atoms with van der Waals surface area (Å²) in [5, 5.41) is 2.89. The Morgan fingerprint density at radius 2 is 1.70 bits per heavy atom. The number of rotatable bonds is 8. The Hall–Kier alpha value is -2.62. The quantitative estimate of drug-likeness (QED) is 0.601. The third kappa shape index (κ3) is 5.94. The van der Waals surface area contributed by atoms with E-state index in [1.165, 1.54) is 6.92 Å². The minimum absolute atomic E-state index is 0.0179. The van der Waals surface area contributed by atoms with E-state index in [-0.39, 0.29) is 11.7 Å². The monoisotopic (exact) mass is 311 g/mol. The van der Waals surface area contributed by atoms with Crippen LogP contribution in [0.1, 0.15) is 35.7 Å². The van der Waals surface area contributed by atoms with Gasteiger partial charge >= 0.3 is 0 Å². The van der Waals surface area contributed by atoms with Crippen LogP contribution in [0, 0.1) is 0 Å². The molecular formula is C19H21NO3. The summed E-state index contributed by atoms with van der Waals surface area (Å²) in [6, 6.07) is 16.8. The molecule has 2 aromatic carbocycles.